The first-order valence-electron chi connectivity index (χ1n) is 6.65. The van der Waals surface area contributed by atoms with Crippen molar-refractivity contribution in [2.24, 2.45) is 17.8 Å². The summed E-state index contributed by atoms with van der Waals surface area (Å²) in [5.74, 6) is -0.431. The van der Waals surface area contributed by atoms with Gasteiger partial charge in [0, 0.05) is 19.6 Å². The second kappa shape index (κ2) is 6.61. The van der Waals surface area contributed by atoms with Gasteiger partial charge in [0.05, 0.1) is 5.92 Å². The zero-order valence-corrected chi connectivity index (χ0v) is 11.5. The minimum Gasteiger partial charge on any atom is -0.481 e. The molecule has 1 aliphatic rings. The molecule has 1 rings (SSSR count). The highest BCUT2D eigenvalue weighted by molar-refractivity contribution is 5.76. The number of aliphatic carboxylic acids is 1. The number of nitrogens with one attached hydrogen (secondary N) is 1. The Bertz CT molecular complexity index is 305. The summed E-state index contributed by atoms with van der Waals surface area (Å²) >= 11 is 0. The highest BCUT2D eigenvalue weighted by Gasteiger charge is 2.31. The Balaban J connectivity index is 2.44. The van der Waals surface area contributed by atoms with Gasteiger partial charge in [-0.1, -0.05) is 20.8 Å². The van der Waals surface area contributed by atoms with Gasteiger partial charge in [-0.2, -0.15) is 0 Å². The number of urea groups is 1. The molecule has 2 atom stereocenters. The third kappa shape index (κ3) is 4.55. The van der Waals surface area contributed by atoms with Gasteiger partial charge in [-0.05, 0) is 24.7 Å². The van der Waals surface area contributed by atoms with E-state index in [0.29, 0.717) is 32.0 Å². The van der Waals surface area contributed by atoms with Crippen molar-refractivity contribution in [3.63, 3.8) is 0 Å². The number of hydrogen-bond donors (Lipinski definition) is 2. The topological polar surface area (TPSA) is 69.6 Å². The molecule has 2 amide bonds. The van der Waals surface area contributed by atoms with Crippen LogP contribution in [0.4, 0.5) is 4.79 Å². The van der Waals surface area contributed by atoms with E-state index in [-0.39, 0.29) is 11.9 Å². The van der Waals surface area contributed by atoms with Crippen molar-refractivity contribution in [2.75, 3.05) is 19.6 Å². The second-order valence-electron chi connectivity index (χ2n) is 5.70. The molecule has 1 heterocycles. The van der Waals surface area contributed by atoms with Crippen LogP contribution in [0.2, 0.25) is 0 Å². The molecule has 5 heteroatoms. The molecule has 5 nitrogen and oxygen atoms in total. The monoisotopic (exact) mass is 256 g/mol. The average molecular weight is 256 g/mol. The fourth-order valence-corrected chi connectivity index (χ4v) is 2.28. The number of likely N-dealkylation sites (tertiary alicyclic amines) is 1. The Morgan fingerprint density at radius 2 is 2.06 bits per heavy atom. The van der Waals surface area contributed by atoms with E-state index in [9.17, 15) is 9.59 Å². The molecular weight excluding hydrogens is 232 g/mol. The lowest BCUT2D eigenvalue weighted by Crippen LogP contribution is -2.49. The van der Waals surface area contributed by atoms with Crippen LogP contribution in [0.5, 0.6) is 0 Å². The third-order valence-corrected chi connectivity index (χ3v) is 3.29. The van der Waals surface area contributed by atoms with Crippen LogP contribution in [0.1, 0.15) is 33.6 Å². The largest absolute Gasteiger partial charge is 0.481 e. The molecule has 104 valence electrons. The average Bonchev–Trinajstić information content (AvgIpc) is 2.27. The summed E-state index contributed by atoms with van der Waals surface area (Å²) in [7, 11) is 0. The maximum Gasteiger partial charge on any atom is 0.317 e. The number of piperidine rings is 1. The third-order valence-electron chi connectivity index (χ3n) is 3.29. The Kier molecular flexibility index (Phi) is 5.44. The number of carboxylic acids is 1. The predicted molar refractivity (Wildman–Crippen MR) is 69.3 cm³/mol. The number of rotatable bonds is 4. The lowest BCUT2D eigenvalue weighted by molar-refractivity contribution is -0.143. The van der Waals surface area contributed by atoms with E-state index in [1.807, 2.05) is 6.92 Å². The molecule has 0 spiro atoms. The standard InChI is InChI=1S/C13H24N2O3/c1-9(2)4-5-14-13(18)15-7-10(3)6-11(8-15)12(16)17/h9-11H,4-8H2,1-3H3,(H,14,18)(H,16,17). The zero-order chi connectivity index (χ0) is 13.7. The van der Waals surface area contributed by atoms with Gasteiger partial charge in [0.15, 0.2) is 0 Å². The molecule has 1 fully saturated rings. The Hall–Kier alpha value is -1.26. The maximum absolute atomic E-state index is 11.9. The number of carbonyl (C=O) groups is 2. The van der Waals surface area contributed by atoms with Crippen LogP contribution in [0.3, 0.4) is 0 Å². The number of amides is 2. The summed E-state index contributed by atoms with van der Waals surface area (Å²) in [6, 6.07) is -0.131. The minimum atomic E-state index is -0.804. The molecule has 18 heavy (non-hydrogen) atoms. The van der Waals surface area contributed by atoms with E-state index in [1.165, 1.54) is 0 Å². The van der Waals surface area contributed by atoms with Crippen molar-refractivity contribution in [1.82, 2.24) is 10.2 Å². The minimum absolute atomic E-state index is 0.131. The van der Waals surface area contributed by atoms with Gasteiger partial charge in [0.2, 0.25) is 0 Å². The van der Waals surface area contributed by atoms with Gasteiger partial charge in [-0.25, -0.2) is 4.79 Å². The molecule has 2 N–H and O–H groups in total. The van der Waals surface area contributed by atoms with Crippen LogP contribution in [-0.2, 0) is 4.79 Å². The van der Waals surface area contributed by atoms with Gasteiger partial charge in [0.25, 0.3) is 0 Å². The number of carbonyl (C=O) groups excluding carboxylic acids is 1. The number of carboxylic acid groups (broad SMARTS) is 1. The molecule has 0 aromatic rings. The van der Waals surface area contributed by atoms with Gasteiger partial charge in [0.1, 0.15) is 0 Å². The second-order valence-corrected chi connectivity index (χ2v) is 5.70. The normalized spacial score (nSPS) is 24.1. The van der Waals surface area contributed by atoms with E-state index >= 15 is 0 Å². The number of nitrogens with zero attached hydrogens (tertiary/aromatic N) is 1. The van der Waals surface area contributed by atoms with Crippen molar-refractivity contribution in [1.29, 1.82) is 0 Å². The first kappa shape index (κ1) is 14.8. The molecule has 0 aliphatic carbocycles. The van der Waals surface area contributed by atoms with Crippen molar-refractivity contribution >= 4 is 12.0 Å². The van der Waals surface area contributed by atoms with E-state index in [1.54, 1.807) is 4.90 Å². The number of hydrogen-bond acceptors (Lipinski definition) is 2. The van der Waals surface area contributed by atoms with E-state index in [2.05, 4.69) is 19.2 Å². The van der Waals surface area contributed by atoms with E-state index in [4.69, 9.17) is 5.11 Å². The highest BCUT2D eigenvalue weighted by atomic mass is 16.4. The fourth-order valence-electron chi connectivity index (χ4n) is 2.28. The quantitative estimate of drug-likeness (QED) is 0.805. The Labute approximate surface area is 109 Å². The van der Waals surface area contributed by atoms with Crippen LogP contribution >= 0.6 is 0 Å². The van der Waals surface area contributed by atoms with Crippen molar-refractivity contribution in [3.05, 3.63) is 0 Å². The summed E-state index contributed by atoms with van der Waals surface area (Å²) < 4.78 is 0. The predicted octanol–water partition coefficient (Wildman–Crippen LogP) is 1.78. The lowest BCUT2D eigenvalue weighted by atomic mass is 9.91. The fraction of sp³-hybridized carbons (Fsp3) is 0.846. The zero-order valence-electron chi connectivity index (χ0n) is 11.5. The molecule has 0 aromatic carbocycles. The Morgan fingerprint density at radius 1 is 1.39 bits per heavy atom. The smallest absolute Gasteiger partial charge is 0.317 e. The van der Waals surface area contributed by atoms with Crippen LogP contribution in [0.25, 0.3) is 0 Å². The van der Waals surface area contributed by atoms with Gasteiger partial charge in [-0.15, -0.1) is 0 Å². The van der Waals surface area contributed by atoms with Crippen LogP contribution in [0, 0.1) is 17.8 Å². The first-order chi connectivity index (χ1) is 8.40. The van der Waals surface area contributed by atoms with Gasteiger partial charge in [-0.3, -0.25) is 4.79 Å². The van der Waals surface area contributed by atoms with E-state index in [0.717, 1.165) is 6.42 Å². The summed E-state index contributed by atoms with van der Waals surface area (Å²) in [5, 5.41) is 11.9. The molecule has 2 unspecified atom stereocenters. The summed E-state index contributed by atoms with van der Waals surface area (Å²) in [5.41, 5.74) is 0. The SMILES string of the molecule is CC(C)CCNC(=O)N1CC(C)CC(C(=O)O)C1. The van der Waals surface area contributed by atoms with Gasteiger partial charge < -0.3 is 15.3 Å². The lowest BCUT2D eigenvalue weighted by Gasteiger charge is -2.34. The molecule has 0 radical (unpaired) electrons. The molecule has 1 aliphatic heterocycles. The summed E-state index contributed by atoms with van der Waals surface area (Å²) in [4.78, 5) is 24.6. The van der Waals surface area contributed by atoms with Gasteiger partial charge >= 0.3 is 12.0 Å². The Morgan fingerprint density at radius 3 is 2.61 bits per heavy atom. The van der Waals surface area contributed by atoms with Crippen molar-refractivity contribution in [2.45, 2.75) is 33.6 Å². The van der Waals surface area contributed by atoms with Crippen molar-refractivity contribution in [3.8, 4) is 0 Å². The van der Waals surface area contributed by atoms with E-state index < -0.39 is 11.9 Å². The molecule has 0 saturated carbocycles. The van der Waals surface area contributed by atoms with Crippen LogP contribution in [-0.4, -0.2) is 41.6 Å². The van der Waals surface area contributed by atoms with Crippen LogP contribution < -0.4 is 5.32 Å². The highest BCUT2D eigenvalue weighted by Crippen LogP contribution is 2.21. The van der Waals surface area contributed by atoms with Crippen LogP contribution in [0.15, 0.2) is 0 Å². The van der Waals surface area contributed by atoms with Crippen molar-refractivity contribution < 1.29 is 14.7 Å². The first-order valence-corrected chi connectivity index (χ1v) is 6.65. The molecule has 1 saturated heterocycles. The maximum atomic E-state index is 11.9. The molecule has 0 aromatic heterocycles. The molecular formula is C13H24N2O3. The summed E-state index contributed by atoms with van der Waals surface area (Å²) in [6.07, 6.45) is 1.60. The molecule has 0 bridgehead atoms. The summed E-state index contributed by atoms with van der Waals surface area (Å²) in [6.45, 7) is 7.83.